The molecule has 0 fully saturated rings. The number of benzene rings is 4. The largest absolute Gasteiger partial charge is 1.00 e. The maximum atomic E-state index is 2.57. The highest BCUT2D eigenvalue weighted by Gasteiger charge is 2.44. The van der Waals surface area contributed by atoms with Crippen LogP contribution in [0.2, 0.25) is 0 Å². The molecule has 4 aromatic rings. The molecule has 0 unspecified atom stereocenters. The van der Waals surface area contributed by atoms with Crippen LogP contribution in [-0.4, -0.2) is 23.4 Å². The van der Waals surface area contributed by atoms with Crippen LogP contribution in [0.15, 0.2) is 133 Å². The summed E-state index contributed by atoms with van der Waals surface area (Å²) in [5, 5.41) is 0. The van der Waals surface area contributed by atoms with Crippen LogP contribution >= 0.6 is 0 Å². The molecule has 2 aliphatic heterocycles. The summed E-state index contributed by atoms with van der Waals surface area (Å²) in [6, 6.07) is 39.7. The van der Waals surface area contributed by atoms with E-state index in [-0.39, 0.29) is 27.8 Å². The Labute approximate surface area is 275 Å². The Morgan fingerprint density at radius 3 is 1.89 bits per heavy atom. The molecule has 44 heavy (non-hydrogen) atoms. The Bertz CT molecular complexity index is 1660. The normalized spacial score (nSPS) is 17.2. The van der Waals surface area contributed by atoms with Crippen molar-refractivity contribution in [2.24, 2.45) is 0 Å². The molecule has 226 valence electrons. The molecular formula is C41H45BrN2. The molecule has 4 aromatic carbocycles. The van der Waals surface area contributed by atoms with Gasteiger partial charge in [0.25, 0.3) is 0 Å². The molecule has 0 aromatic heterocycles. The standard InChI is InChI=1S/C41H45N2.BrH/c1-40(2)34-24-11-13-26-36(34)42(30-16-22-32-18-7-5-8-19-32)38(40)28-15-29-39-41(3,4)35-25-12-14-27-37(35)43(39)31-17-23-33-20-9-6-10-21-33;/h5-15,18-21,24-29H,16-17,22-23,30-31H2,1-4H3;1H/q+1;/p-1. The van der Waals surface area contributed by atoms with Crippen LogP contribution in [0.5, 0.6) is 0 Å². The van der Waals surface area contributed by atoms with Crippen LogP contribution in [0.1, 0.15) is 62.8 Å². The summed E-state index contributed by atoms with van der Waals surface area (Å²) in [6.45, 7) is 11.5. The number of hydrogen-bond acceptors (Lipinski definition) is 1. The predicted octanol–water partition coefficient (Wildman–Crippen LogP) is 6.57. The highest BCUT2D eigenvalue weighted by Crippen LogP contribution is 2.48. The van der Waals surface area contributed by atoms with Gasteiger partial charge < -0.3 is 21.9 Å². The van der Waals surface area contributed by atoms with Gasteiger partial charge >= 0.3 is 0 Å². The Morgan fingerprint density at radius 1 is 0.636 bits per heavy atom. The Hall–Kier alpha value is -3.69. The Morgan fingerprint density at radius 2 is 1.20 bits per heavy atom. The van der Waals surface area contributed by atoms with Gasteiger partial charge in [0.05, 0.1) is 5.41 Å². The van der Waals surface area contributed by atoms with Gasteiger partial charge in [-0.25, -0.2) is 0 Å². The molecule has 3 heteroatoms. The number of fused-ring (bicyclic) bond motifs is 2. The van der Waals surface area contributed by atoms with Gasteiger partial charge in [0.2, 0.25) is 5.69 Å². The minimum absolute atomic E-state index is 0. The van der Waals surface area contributed by atoms with E-state index in [0.717, 1.165) is 38.8 Å². The van der Waals surface area contributed by atoms with Crippen molar-refractivity contribution in [1.29, 1.82) is 0 Å². The summed E-state index contributed by atoms with van der Waals surface area (Å²) < 4.78 is 2.57. The summed E-state index contributed by atoms with van der Waals surface area (Å²) in [7, 11) is 0. The van der Waals surface area contributed by atoms with Gasteiger partial charge in [-0.15, -0.1) is 0 Å². The van der Waals surface area contributed by atoms with E-state index in [0.29, 0.717) is 0 Å². The van der Waals surface area contributed by atoms with E-state index in [1.54, 1.807) is 0 Å². The summed E-state index contributed by atoms with van der Waals surface area (Å²) in [4.78, 5) is 2.57. The lowest BCUT2D eigenvalue weighted by atomic mass is 9.81. The SMILES string of the molecule is CC1(C)C(/C=C/C=C2/N(CCCc3ccccc3)c3ccccc3C2(C)C)=[N+](CCCc2ccccc2)c2ccccc21.[Br-]. The fourth-order valence-corrected chi connectivity index (χ4v) is 7.17. The Balaban J connectivity index is 0.00000384. The van der Waals surface area contributed by atoms with Crippen LogP contribution in [0.4, 0.5) is 11.4 Å². The van der Waals surface area contributed by atoms with Crippen LogP contribution in [0.3, 0.4) is 0 Å². The molecule has 2 heterocycles. The topological polar surface area (TPSA) is 6.25 Å². The lowest BCUT2D eigenvalue weighted by Gasteiger charge is -2.27. The van der Waals surface area contributed by atoms with E-state index in [2.05, 4.69) is 165 Å². The first-order valence-electron chi connectivity index (χ1n) is 16.0. The van der Waals surface area contributed by atoms with Gasteiger partial charge in [-0.1, -0.05) is 117 Å². The van der Waals surface area contributed by atoms with Gasteiger partial charge in [-0.2, -0.15) is 4.58 Å². The second kappa shape index (κ2) is 13.5. The zero-order chi connectivity index (χ0) is 29.9. The molecule has 2 nitrogen and oxygen atoms in total. The molecule has 0 bridgehead atoms. The minimum atomic E-state index is -0.0537. The van der Waals surface area contributed by atoms with Gasteiger partial charge in [-0.05, 0) is 61.9 Å². The smallest absolute Gasteiger partial charge is 0.209 e. The maximum absolute atomic E-state index is 2.57. The number of hydrogen-bond donors (Lipinski definition) is 0. The first-order chi connectivity index (χ1) is 20.9. The third-order valence-corrected chi connectivity index (χ3v) is 9.49. The van der Waals surface area contributed by atoms with E-state index in [9.17, 15) is 0 Å². The molecule has 0 saturated heterocycles. The Kier molecular flexibility index (Phi) is 9.75. The number of anilines is 1. The van der Waals surface area contributed by atoms with Crippen LogP contribution in [0.25, 0.3) is 0 Å². The van der Waals surface area contributed by atoms with Crippen molar-refractivity contribution in [1.82, 2.24) is 0 Å². The zero-order valence-corrected chi connectivity index (χ0v) is 28.2. The van der Waals surface area contributed by atoms with Crippen molar-refractivity contribution < 1.29 is 21.6 Å². The highest BCUT2D eigenvalue weighted by molar-refractivity contribution is 6.03. The van der Waals surface area contributed by atoms with Gasteiger partial charge in [0.15, 0.2) is 5.71 Å². The molecule has 0 radical (unpaired) electrons. The van der Waals surface area contributed by atoms with Crippen molar-refractivity contribution in [2.75, 3.05) is 18.0 Å². The van der Waals surface area contributed by atoms with Gasteiger partial charge in [0.1, 0.15) is 6.54 Å². The highest BCUT2D eigenvalue weighted by atomic mass is 79.9. The van der Waals surface area contributed by atoms with E-state index < -0.39 is 0 Å². The number of nitrogens with zero attached hydrogens (tertiary/aromatic N) is 2. The van der Waals surface area contributed by atoms with Crippen LogP contribution in [0, 0.1) is 0 Å². The number of rotatable bonds is 10. The third-order valence-electron chi connectivity index (χ3n) is 9.49. The molecule has 0 N–H and O–H groups in total. The fourth-order valence-electron chi connectivity index (χ4n) is 7.17. The molecule has 0 amide bonds. The zero-order valence-electron chi connectivity index (χ0n) is 26.6. The van der Waals surface area contributed by atoms with E-state index in [1.165, 1.54) is 45.0 Å². The molecular weight excluding hydrogens is 600 g/mol. The van der Waals surface area contributed by atoms with E-state index in [4.69, 9.17) is 0 Å². The summed E-state index contributed by atoms with van der Waals surface area (Å²) in [5.41, 5.74) is 11.0. The lowest BCUT2D eigenvalue weighted by Crippen LogP contribution is -3.00. The van der Waals surface area contributed by atoms with Gasteiger partial charge in [0, 0.05) is 47.5 Å². The van der Waals surface area contributed by atoms with Crippen molar-refractivity contribution in [3.8, 4) is 0 Å². The molecule has 0 saturated carbocycles. The molecule has 6 rings (SSSR count). The van der Waals surface area contributed by atoms with Crippen molar-refractivity contribution >= 4 is 17.1 Å². The monoisotopic (exact) mass is 644 g/mol. The third kappa shape index (κ3) is 6.26. The maximum Gasteiger partial charge on any atom is 0.209 e. The first-order valence-corrected chi connectivity index (χ1v) is 16.0. The van der Waals surface area contributed by atoms with Crippen molar-refractivity contribution in [2.45, 2.75) is 64.2 Å². The van der Waals surface area contributed by atoms with Crippen molar-refractivity contribution in [3.63, 3.8) is 0 Å². The summed E-state index contributed by atoms with van der Waals surface area (Å²) in [6.07, 6.45) is 11.5. The first kappa shape index (κ1) is 31.7. The van der Waals surface area contributed by atoms with E-state index in [1.807, 2.05) is 0 Å². The minimum Gasteiger partial charge on any atom is -1.00 e. The second-order valence-electron chi connectivity index (χ2n) is 13.1. The number of halogens is 1. The molecule has 2 aliphatic rings. The van der Waals surface area contributed by atoms with Crippen LogP contribution < -0.4 is 21.9 Å². The number of aryl methyl sites for hydroxylation is 2. The predicted molar refractivity (Wildman–Crippen MR) is 183 cm³/mol. The number of allylic oxidation sites excluding steroid dienone is 4. The average molecular weight is 646 g/mol. The average Bonchev–Trinajstić information content (AvgIpc) is 3.37. The number of para-hydroxylation sites is 2. The summed E-state index contributed by atoms with van der Waals surface area (Å²) >= 11 is 0. The molecule has 0 atom stereocenters. The summed E-state index contributed by atoms with van der Waals surface area (Å²) in [5.74, 6) is 0. The van der Waals surface area contributed by atoms with Gasteiger partial charge in [-0.3, -0.25) is 0 Å². The molecule has 0 aliphatic carbocycles. The van der Waals surface area contributed by atoms with Crippen molar-refractivity contribution in [3.05, 3.63) is 155 Å². The molecule has 0 spiro atoms. The lowest BCUT2D eigenvalue weighted by molar-refractivity contribution is -0.438. The van der Waals surface area contributed by atoms with Crippen LogP contribution in [-0.2, 0) is 23.7 Å². The second-order valence-corrected chi connectivity index (χ2v) is 13.1. The quantitative estimate of drug-likeness (QED) is 0.177. The van der Waals surface area contributed by atoms with E-state index >= 15 is 0 Å². The fraction of sp³-hybridized carbons (Fsp3) is 0.293.